The smallest absolute Gasteiger partial charge is 0.256 e. The second-order valence-electron chi connectivity index (χ2n) is 6.28. The van der Waals surface area contributed by atoms with Crippen molar-refractivity contribution in [3.8, 4) is 0 Å². The van der Waals surface area contributed by atoms with E-state index in [2.05, 4.69) is 16.3 Å². The molecule has 2 atom stereocenters. The summed E-state index contributed by atoms with van der Waals surface area (Å²) in [6, 6.07) is 6.41. The summed E-state index contributed by atoms with van der Waals surface area (Å²) in [7, 11) is 0. The normalized spacial score (nSPS) is 27.7. The molecule has 2 fully saturated rings. The Balaban J connectivity index is 1.65. The van der Waals surface area contributed by atoms with Crippen LogP contribution in [0.25, 0.3) is 0 Å². The Labute approximate surface area is 125 Å². The molecule has 1 saturated carbocycles. The van der Waals surface area contributed by atoms with E-state index in [4.69, 9.17) is 4.74 Å². The molecule has 21 heavy (non-hydrogen) atoms. The van der Waals surface area contributed by atoms with Crippen molar-refractivity contribution in [1.82, 2.24) is 4.90 Å². The number of carbonyl (C=O) groups excluding carboxylic acids is 1. The maximum Gasteiger partial charge on any atom is 0.256 e. The fraction of sp³-hybridized carbons (Fsp3) is 0.588. The molecule has 1 N–H and O–H groups in total. The van der Waals surface area contributed by atoms with Crippen molar-refractivity contribution in [2.45, 2.75) is 44.2 Å². The highest BCUT2D eigenvalue weighted by atomic mass is 16.5. The maximum absolute atomic E-state index is 13.0. The molecule has 1 saturated heterocycles. The first kappa shape index (κ1) is 13.1. The van der Waals surface area contributed by atoms with E-state index in [9.17, 15) is 4.79 Å². The highest BCUT2D eigenvalue weighted by Crippen LogP contribution is 2.33. The molecule has 1 aromatic carbocycles. The lowest BCUT2D eigenvalue weighted by molar-refractivity contribution is -0.0445. The van der Waals surface area contributed by atoms with Crippen LogP contribution in [0.4, 0.5) is 5.69 Å². The van der Waals surface area contributed by atoms with Crippen LogP contribution < -0.4 is 5.32 Å². The Kier molecular flexibility index (Phi) is 3.34. The lowest BCUT2D eigenvalue weighted by Crippen LogP contribution is -2.51. The van der Waals surface area contributed by atoms with Crippen LogP contribution in [0.2, 0.25) is 0 Å². The average molecular weight is 286 g/mol. The summed E-state index contributed by atoms with van der Waals surface area (Å²) in [5.74, 6) is 0.182. The van der Waals surface area contributed by atoms with Crippen LogP contribution >= 0.6 is 0 Å². The summed E-state index contributed by atoms with van der Waals surface area (Å²) in [5, 5.41) is 3.43. The van der Waals surface area contributed by atoms with Crippen LogP contribution in [0, 0.1) is 0 Å². The summed E-state index contributed by atoms with van der Waals surface area (Å²) in [4.78, 5) is 15.1. The molecular weight excluding hydrogens is 264 g/mol. The number of amides is 1. The highest BCUT2D eigenvalue weighted by Gasteiger charge is 2.39. The van der Waals surface area contributed by atoms with Crippen molar-refractivity contribution in [2.24, 2.45) is 0 Å². The van der Waals surface area contributed by atoms with Crippen molar-refractivity contribution < 1.29 is 9.53 Å². The predicted octanol–water partition coefficient (Wildman–Crippen LogP) is 2.44. The van der Waals surface area contributed by atoms with Crippen LogP contribution in [0.5, 0.6) is 0 Å². The van der Waals surface area contributed by atoms with Gasteiger partial charge < -0.3 is 15.0 Å². The fourth-order valence-electron chi connectivity index (χ4n) is 4.02. The first-order valence-electron chi connectivity index (χ1n) is 8.13. The third-order valence-electron chi connectivity index (χ3n) is 5.05. The van der Waals surface area contributed by atoms with Crippen molar-refractivity contribution in [3.05, 3.63) is 29.3 Å². The first-order valence-corrected chi connectivity index (χ1v) is 8.13. The summed E-state index contributed by atoms with van der Waals surface area (Å²) in [6.07, 6.45) is 5.82. The van der Waals surface area contributed by atoms with Crippen LogP contribution in [-0.4, -0.2) is 42.6 Å². The number of morpholine rings is 1. The molecule has 2 heterocycles. The zero-order chi connectivity index (χ0) is 14.2. The monoisotopic (exact) mass is 286 g/mol. The van der Waals surface area contributed by atoms with Crippen molar-refractivity contribution in [3.63, 3.8) is 0 Å². The summed E-state index contributed by atoms with van der Waals surface area (Å²) in [5.41, 5.74) is 3.19. The summed E-state index contributed by atoms with van der Waals surface area (Å²) < 4.78 is 5.82. The molecule has 4 rings (SSSR count). The van der Waals surface area contributed by atoms with Crippen LogP contribution in [-0.2, 0) is 11.2 Å². The standard InChI is InChI=1S/C17H22N2O2/c20-17(19-10-11-21-15-8-2-7-14(15)19)13-6-1-4-12-5-3-9-18-16(12)13/h1,4,6,14-15,18H,2-3,5,7-11H2. The highest BCUT2D eigenvalue weighted by molar-refractivity contribution is 6.00. The summed E-state index contributed by atoms with van der Waals surface area (Å²) in [6.45, 7) is 2.37. The zero-order valence-corrected chi connectivity index (χ0v) is 12.3. The van der Waals surface area contributed by atoms with Gasteiger partial charge in [0.2, 0.25) is 0 Å². The van der Waals surface area contributed by atoms with Crippen molar-refractivity contribution >= 4 is 11.6 Å². The Bertz CT molecular complexity index is 558. The maximum atomic E-state index is 13.0. The second-order valence-corrected chi connectivity index (χ2v) is 6.28. The minimum Gasteiger partial charge on any atom is -0.384 e. The lowest BCUT2D eigenvalue weighted by atomic mass is 9.98. The molecule has 1 aromatic rings. The van der Waals surface area contributed by atoms with E-state index in [1.807, 2.05) is 12.1 Å². The van der Waals surface area contributed by atoms with E-state index < -0.39 is 0 Å². The number of nitrogens with zero attached hydrogens (tertiary/aromatic N) is 1. The van der Waals surface area contributed by atoms with Gasteiger partial charge in [-0.15, -0.1) is 0 Å². The number of aryl methyl sites for hydroxylation is 1. The van der Waals surface area contributed by atoms with E-state index in [0.717, 1.165) is 50.0 Å². The molecule has 2 aliphatic heterocycles. The van der Waals surface area contributed by atoms with Gasteiger partial charge in [0.25, 0.3) is 5.91 Å². The molecule has 0 radical (unpaired) electrons. The number of carbonyl (C=O) groups is 1. The molecule has 1 amide bonds. The Morgan fingerprint density at radius 2 is 2.24 bits per heavy atom. The first-order chi connectivity index (χ1) is 10.3. The van der Waals surface area contributed by atoms with Gasteiger partial charge in [-0.05, 0) is 43.7 Å². The van der Waals surface area contributed by atoms with Gasteiger partial charge in [-0.25, -0.2) is 0 Å². The van der Waals surface area contributed by atoms with Crippen LogP contribution in [0.1, 0.15) is 41.6 Å². The molecule has 0 bridgehead atoms. The van der Waals surface area contributed by atoms with E-state index in [1.165, 1.54) is 12.0 Å². The number of anilines is 1. The fourth-order valence-corrected chi connectivity index (χ4v) is 4.02. The van der Waals surface area contributed by atoms with Gasteiger partial charge in [-0.2, -0.15) is 0 Å². The van der Waals surface area contributed by atoms with Crippen LogP contribution in [0.15, 0.2) is 18.2 Å². The molecule has 0 aromatic heterocycles. The number of nitrogens with one attached hydrogen (secondary N) is 1. The van der Waals surface area contributed by atoms with Gasteiger partial charge in [0, 0.05) is 13.1 Å². The third-order valence-corrected chi connectivity index (χ3v) is 5.05. The Morgan fingerprint density at radius 1 is 1.29 bits per heavy atom. The molecule has 3 aliphatic rings. The summed E-state index contributed by atoms with van der Waals surface area (Å²) >= 11 is 0. The molecule has 4 heteroatoms. The Hall–Kier alpha value is -1.55. The predicted molar refractivity (Wildman–Crippen MR) is 81.7 cm³/mol. The van der Waals surface area contributed by atoms with E-state index >= 15 is 0 Å². The number of hydrogen-bond donors (Lipinski definition) is 1. The van der Waals surface area contributed by atoms with Crippen molar-refractivity contribution in [2.75, 3.05) is 25.0 Å². The van der Waals surface area contributed by atoms with Gasteiger partial charge in [0.15, 0.2) is 0 Å². The minimum absolute atomic E-state index is 0.182. The van der Waals surface area contributed by atoms with E-state index in [-0.39, 0.29) is 18.1 Å². The van der Waals surface area contributed by atoms with Gasteiger partial charge in [-0.1, -0.05) is 12.1 Å². The van der Waals surface area contributed by atoms with Gasteiger partial charge in [-0.3, -0.25) is 4.79 Å². The Morgan fingerprint density at radius 3 is 3.19 bits per heavy atom. The number of ether oxygens (including phenoxy) is 1. The number of hydrogen-bond acceptors (Lipinski definition) is 3. The molecule has 1 aliphatic carbocycles. The number of rotatable bonds is 1. The van der Waals surface area contributed by atoms with Crippen LogP contribution in [0.3, 0.4) is 0 Å². The number of para-hydroxylation sites is 1. The largest absolute Gasteiger partial charge is 0.384 e. The topological polar surface area (TPSA) is 41.6 Å². The quantitative estimate of drug-likeness (QED) is 0.862. The van der Waals surface area contributed by atoms with Gasteiger partial charge in [0.1, 0.15) is 0 Å². The molecule has 2 unspecified atom stereocenters. The zero-order valence-electron chi connectivity index (χ0n) is 12.3. The SMILES string of the molecule is O=C(c1cccc2c1NCCC2)N1CCOC2CCCC21. The minimum atomic E-state index is 0.182. The van der Waals surface area contributed by atoms with Gasteiger partial charge in [0.05, 0.1) is 30.0 Å². The lowest BCUT2D eigenvalue weighted by Gasteiger charge is -2.38. The molecule has 0 spiro atoms. The average Bonchev–Trinajstić information content (AvgIpc) is 3.02. The molecular formula is C17H22N2O2. The molecule has 4 nitrogen and oxygen atoms in total. The number of fused-ring (bicyclic) bond motifs is 2. The van der Waals surface area contributed by atoms with E-state index in [1.54, 1.807) is 0 Å². The van der Waals surface area contributed by atoms with E-state index in [0.29, 0.717) is 6.61 Å². The second kappa shape index (κ2) is 5.34. The van der Waals surface area contributed by atoms with Crippen molar-refractivity contribution in [1.29, 1.82) is 0 Å². The number of benzene rings is 1. The van der Waals surface area contributed by atoms with Gasteiger partial charge >= 0.3 is 0 Å². The molecule has 112 valence electrons. The third kappa shape index (κ3) is 2.22.